The molecule has 0 aliphatic heterocycles. The monoisotopic (exact) mass is 365 g/mol. The lowest BCUT2D eigenvalue weighted by Gasteiger charge is -2.29. The molecule has 0 heterocycles. The smallest absolute Gasteiger partial charge is 0.338 e. The molecule has 2 aromatic rings. The number of nitrogens with one attached hydrogen (secondary N) is 1. The number of anilines is 1. The van der Waals surface area contributed by atoms with Gasteiger partial charge >= 0.3 is 5.97 Å². The minimum absolute atomic E-state index is 0.0104. The van der Waals surface area contributed by atoms with Crippen molar-refractivity contribution in [1.29, 1.82) is 0 Å². The number of benzene rings is 2. The third-order valence-corrected chi connectivity index (χ3v) is 4.82. The van der Waals surface area contributed by atoms with Gasteiger partial charge in [0.25, 0.3) is 7.48 Å². The molecule has 1 radical (unpaired) electrons. The molecule has 3 rings (SSSR count). The summed E-state index contributed by atoms with van der Waals surface area (Å²) in [6, 6.07) is 18.0. The second-order valence-electron chi connectivity index (χ2n) is 6.79. The Labute approximate surface area is 161 Å². The molecule has 1 aliphatic carbocycles. The minimum Gasteiger partial charge on any atom is -0.459 e. The molecular formula is C21H26BN2O3. The van der Waals surface area contributed by atoms with E-state index in [4.69, 9.17) is 15.1 Å². The molecule has 141 valence electrons. The van der Waals surface area contributed by atoms with Crippen LogP contribution in [0.4, 0.5) is 5.69 Å². The number of nitrogens with two attached hydrogens (primary N) is 1. The van der Waals surface area contributed by atoms with Gasteiger partial charge in [0.1, 0.15) is 6.10 Å². The zero-order valence-corrected chi connectivity index (χ0v) is 15.5. The highest BCUT2D eigenvalue weighted by Crippen LogP contribution is 2.25. The molecule has 27 heavy (non-hydrogen) atoms. The largest absolute Gasteiger partial charge is 0.459 e. The average Bonchev–Trinajstić information content (AvgIpc) is 2.71. The van der Waals surface area contributed by atoms with Crippen LogP contribution >= 0.6 is 0 Å². The number of rotatable bonds is 8. The first kappa shape index (κ1) is 19.5. The summed E-state index contributed by atoms with van der Waals surface area (Å²) >= 11 is 0. The molecule has 1 saturated carbocycles. The second-order valence-corrected chi connectivity index (χ2v) is 6.79. The Morgan fingerprint density at radius 2 is 1.74 bits per heavy atom. The van der Waals surface area contributed by atoms with Gasteiger partial charge in [0.15, 0.2) is 0 Å². The number of esters is 1. The highest BCUT2D eigenvalue weighted by atomic mass is 16.5. The highest BCUT2D eigenvalue weighted by Gasteiger charge is 2.24. The Morgan fingerprint density at radius 3 is 2.41 bits per heavy atom. The Kier molecular flexibility index (Phi) is 7.31. The van der Waals surface area contributed by atoms with Crippen LogP contribution in [0.25, 0.3) is 0 Å². The maximum Gasteiger partial charge on any atom is 0.338 e. The van der Waals surface area contributed by atoms with Crippen molar-refractivity contribution in [3.8, 4) is 0 Å². The van der Waals surface area contributed by atoms with Gasteiger partial charge in [-0.2, -0.15) is 0 Å². The number of carbonyl (C=O) groups is 1. The molecule has 1 fully saturated rings. The molecule has 0 atom stereocenters. The van der Waals surface area contributed by atoms with E-state index in [1.54, 1.807) is 19.6 Å². The van der Waals surface area contributed by atoms with Gasteiger partial charge in [0.05, 0.1) is 12.3 Å². The third kappa shape index (κ3) is 6.12. The first-order chi connectivity index (χ1) is 13.2. The summed E-state index contributed by atoms with van der Waals surface area (Å²) in [5.74, 6) is -0.224. The van der Waals surface area contributed by atoms with Crippen molar-refractivity contribution in [2.75, 3.05) is 12.0 Å². The fourth-order valence-corrected chi connectivity index (χ4v) is 3.31. The fourth-order valence-electron chi connectivity index (χ4n) is 3.31. The van der Waals surface area contributed by atoms with Crippen LogP contribution in [0.5, 0.6) is 0 Å². The second kappa shape index (κ2) is 10.1. The Morgan fingerprint density at radius 1 is 1.04 bits per heavy atom. The van der Waals surface area contributed by atoms with E-state index in [0.29, 0.717) is 11.6 Å². The lowest BCUT2D eigenvalue weighted by Crippen LogP contribution is -2.31. The van der Waals surface area contributed by atoms with Crippen LogP contribution in [0, 0.1) is 0 Å². The maximum absolute atomic E-state index is 12.2. The molecule has 0 amide bonds. The standard InChI is InChI=1S/C21H26BN2O3/c23-15-26-22-14-16-6-8-18(9-7-16)24-19-10-12-20(13-11-19)27-21(25)17-4-2-1-3-5-17/h1-9,19-20,24H,10-15,23H2. The average molecular weight is 365 g/mol. The fraction of sp³-hybridized carbons (Fsp3) is 0.381. The van der Waals surface area contributed by atoms with Crippen LogP contribution in [0.15, 0.2) is 54.6 Å². The topological polar surface area (TPSA) is 73.6 Å². The zero-order valence-electron chi connectivity index (χ0n) is 15.5. The Hall–Kier alpha value is -2.31. The van der Waals surface area contributed by atoms with Crippen LogP contribution in [0.2, 0.25) is 0 Å². The van der Waals surface area contributed by atoms with E-state index in [2.05, 4.69) is 29.6 Å². The summed E-state index contributed by atoms with van der Waals surface area (Å²) < 4.78 is 10.7. The summed E-state index contributed by atoms with van der Waals surface area (Å²) in [4.78, 5) is 12.2. The van der Waals surface area contributed by atoms with Crippen LogP contribution in [-0.2, 0) is 15.7 Å². The van der Waals surface area contributed by atoms with E-state index < -0.39 is 0 Å². The Balaban J connectivity index is 1.41. The van der Waals surface area contributed by atoms with Gasteiger partial charge in [-0.3, -0.25) is 0 Å². The van der Waals surface area contributed by atoms with Gasteiger partial charge in [-0.05, 0) is 56.3 Å². The first-order valence-corrected chi connectivity index (χ1v) is 9.49. The van der Waals surface area contributed by atoms with Gasteiger partial charge in [-0.15, -0.1) is 0 Å². The van der Waals surface area contributed by atoms with Gasteiger partial charge in [-0.25, -0.2) is 4.79 Å². The number of ether oxygens (including phenoxy) is 1. The summed E-state index contributed by atoms with van der Waals surface area (Å²) in [7, 11) is 1.72. The molecule has 0 bridgehead atoms. The summed E-state index contributed by atoms with van der Waals surface area (Å²) in [6.45, 7) is 0.211. The predicted molar refractivity (Wildman–Crippen MR) is 108 cm³/mol. The van der Waals surface area contributed by atoms with E-state index in [0.717, 1.165) is 37.7 Å². The summed E-state index contributed by atoms with van der Waals surface area (Å²) in [6.07, 6.45) is 4.52. The number of carbonyl (C=O) groups excluding carboxylic acids is 1. The van der Waals surface area contributed by atoms with Gasteiger partial charge in [-0.1, -0.05) is 35.9 Å². The zero-order chi connectivity index (χ0) is 18.9. The van der Waals surface area contributed by atoms with E-state index in [1.807, 2.05) is 18.2 Å². The number of hydrogen-bond donors (Lipinski definition) is 2. The van der Waals surface area contributed by atoms with Crippen LogP contribution in [-0.4, -0.2) is 32.3 Å². The molecule has 2 aromatic carbocycles. The van der Waals surface area contributed by atoms with Crippen molar-refractivity contribution in [2.45, 2.75) is 44.1 Å². The molecule has 0 unspecified atom stereocenters. The lowest BCUT2D eigenvalue weighted by molar-refractivity contribution is 0.0202. The normalized spacial score (nSPS) is 19.3. The van der Waals surface area contributed by atoms with Crippen molar-refractivity contribution < 1.29 is 14.2 Å². The summed E-state index contributed by atoms with van der Waals surface area (Å²) in [5.41, 5.74) is 8.21. The molecule has 1 aliphatic rings. The Bertz CT molecular complexity index is 701. The van der Waals surface area contributed by atoms with E-state index >= 15 is 0 Å². The molecular weight excluding hydrogens is 339 g/mol. The number of hydrogen-bond acceptors (Lipinski definition) is 5. The van der Waals surface area contributed by atoms with Crippen molar-refractivity contribution in [2.24, 2.45) is 5.73 Å². The SMILES string of the molecule is NCO[B]Cc1ccc(NC2CCC(OC(=O)c3ccccc3)CC2)cc1. The van der Waals surface area contributed by atoms with Crippen molar-refractivity contribution in [3.63, 3.8) is 0 Å². The van der Waals surface area contributed by atoms with Crippen LogP contribution in [0.1, 0.15) is 41.6 Å². The van der Waals surface area contributed by atoms with Crippen molar-refractivity contribution >= 4 is 19.1 Å². The van der Waals surface area contributed by atoms with E-state index in [1.165, 1.54) is 5.56 Å². The quantitative estimate of drug-likeness (QED) is 0.325. The van der Waals surface area contributed by atoms with Crippen LogP contribution < -0.4 is 11.1 Å². The minimum atomic E-state index is -0.224. The maximum atomic E-state index is 12.2. The van der Waals surface area contributed by atoms with Gasteiger partial charge in [0.2, 0.25) is 0 Å². The molecule has 3 N–H and O–H groups in total. The molecule has 5 nitrogen and oxygen atoms in total. The van der Waals surface area contributed by atoms with Crippen LogP contribution in [0.3, 0.4) is 0 Å². The molecule has 0 spiro atoms. The third-order valence-electron chi connectivity index (χ3n) is 4.82. The molecule has 0 saturated heterocycles. The van der Waals surface area contributed by atoms with Crippen molar-refractivity contribution in [1.82, 2.24) is 0 Å². The summed E-state index contributed by atoms with van der Waals surface area (Å²) in [5, 5.41) is 3.58. The van der Waals surface area contributed by atoms with Gasteiger partial charge in [0, 0.05) is 11.7 Å². The van der Waals surface area contributed by atoms with E-state index in [9.17, 15) is 4.79 Å². The highest BCUT2D eigenvalue weighted by molar-refractivity contribution is 6.26. The lowest BCUT2D eigenvalue weighted by atomic mass is 9.89. The van der Waals surface area contributed by atoms with Gasteiger partial charge < -0.3 is 20.4 Å². The first-order valence-electron chi connectivity index (χ1n) is 9.49. The molecule has 6 heteroatoms. The van der Waals surface area contributed by atoms with E-state index in [-0.39, 0.29) is 18.8 Å². The predicted octanol–water partition coefficient (Wildman–Crippen LogP) is 3.32. The molecule has 0 aromatic heterocycles. The van der Waals surface area contributed by atoms with Crippen molar-refractivity contribution in [3.05, 3.63) is 65.7 Å².